The lowest BCUT2D eigenvalue weighted by Crippen LogP contribution is -2.49. The van der Waals surface area contributed by atoms with Crippen molar-refractivity contribution in [3.8, 4) is 5.75 Å². The fourth-order valence-electron chi connectivity index (χ4n) is 4.68. The van der Waals surface area contributed by atoms with Crippen LogP contribution in [-0.2, 0) is 5.75 Å². The largest absolute Gasteiger partial charge is 0.487 e. The molecular weight excluding hydrogens is 496 g/mol. The summed E-state index contributed by atoms with van der Waals surface area (Å²) >= 11 is 4.57. The molecule has 2 fully saturated rings. The van der Waals surface area contributed by atoms with Crippen molar-refractivity contribution in [2.45, 2.75) is 59.1 Å². The number of carbonyl (C=O) groups is 1. The Bertz CT molecular complexity index is 1160. The zero-order valence-corrected chi connectivity index (χ0v) is 20.9. The van der Waals surface area contributed by atoms with Crippen LogP contribution in [0.5, 0.6) is 5.75 Å². The fourth-order valence-corrected chi connectivity index (χ4v) is 6.85. The molecule has 0 saturated carbocycles. The van der Waals surface area contributed by atoms with E-state index in [1.807, 2.05) is 35.4 Å². The van der Waals surface area contributed by atoms with Gasteiger partial charge in [0, 0.05) is 42.3 Å². The van der Waals surface area contributed by atoms with E-state index >= 15 is 0 Å². The van der Waals surface area contributed by atoms with Crippen LogP contribution in [0.15, 0.2) is 52.0 Å². The van der Waals surface area contributed by atoms with Gasteiger partial charge in [-0.15, -0.1) is 0 Å². The smallest absolute Gasteiger partial charge is 0.254 e. The molecule has 1 amide bonds. The molecule has 2 aliphatic heterocycles. The maximum atomic E-state index is 14.0. The van der Waals surface area contributed by atoms with Crippen molar-refractivity contribution in [2.24, 2.45) is 0 Å². The first-order valence-corrected chi connectivity index (χ1v) is 14.0. The Hall–Kier alpha value is -2.17. The summed E-state index contributed by atoms with van der Waals surface area (Å²) < 4.78 is 38.2. The van der Waals surface area contributed by atoms with Crippen LogP contribution in [0.2, 0.25) is 0 Å². The van der Waals surface area contributed by atoms with Crippen LogP contribution in [-0.4, -0.2) is 44.6 Å². The molecule has 5 nitrogen and oxygen atoms in total. The average Bonchev–Trinajstić information content (AvgIpc) is 3.41. The van der Waals surface area contributed by atoms with E-state index in [1.54, 1.807) is 11.8 Å². The first kappa shape index (κ1) is 23.6. The Labute approximate surface area is 209 Å². The second-order valence-corrected chi connectivity index (χ2v) is 11.2. The van der Waals surface area contributed by atoms with Crippen molar-refractivity contribution in [1.29, 1.82) is 0 Å². The Kier molecular flexibility index (Phi) is 7.08. The number of thioether (sulfide) groups is 2. The molecule has 2 bridgehead atoms. The van der Waals surface area contributed by atoms with Crippen molar-refractivity contribution in [3.05, 3.63) is 65.2 Å². The molecule has 1 aromatic heterocycles. The van der Waals surface area contributed by atoms with Gasteiger partial charge in [-0.1, -0.05) is 35.7 Å². The van der Waals surface area contributed by atoms with Gasteiger partial charge in [0.2, 0.25) is 5.16 Å². The first-order chi connectivity index (χ1) is 16.5. The molecule has 3 heterocycles. The summed E-state index contributed by atoms with van der Waals surface area (Å²) in [6.07, 6.45) is 4.89. The van der Waals surface area contributed by atoms with E-state index in [9.17, 15) is 13.6 Å². The number of nitrogens with zero attached hydrogens (tertiary/aromatic N) is 3. The van der Waals surface area contributed by atoms with Crippen LogP contribution < -0.4 is 4.74 Å². The van der Waals surface area contributed by atoms with Gasteiger partial charge < -0.3 is 9.64 Å². The number of ether oxygens (including phenoxy) is 1. The number of amides is 1. The second-order valence-electron chi connectivity index (χ2n) is 8.42. The zero-order chi connectivity index (χ0) is 23.7. The topological polar surface area (TPSA) is 55.3 Å². The van der Waals surface area contributed by atoms with Crippen molar-refractivity contribution in [2.75, 3.05) is 6.26 Å². The number of hydrogen-bond acceptors (Lipinski definition) is 7. The number of aromatic nitrogens is 2. The maximum absolute atomic E-state index is 14.0. The van der Waals surface area contributed by atoms with E-state index in [0.29, 0.717) is 18.4 Å². The molecule has 2 aromatic carbocycles. The number of piperidine rings is 1. The summed E-state index contributed by atoms with van der Waals surface area (Å²) in [5.74, 6) is -0.449. The predicted molar refractivity (Wildman–Crippen MR) is 131 cm³/mol. The van der Waals surface area contributed by atoms with Crippen molar-refractivity contribution in [3.63, 3.8) is 0 Å². The standard InChI is InChI=1S/C24H23F2N3O2S3/c1-32-23-27-24(34-28-23)33-13-14-2-4-15(5-3-14)22(30)29-17-7-8-18(29)12-19(11-17)31-21-9-6-16(25)10-20(21)26/h2-6,9-10,17-19H,7-8,11-13H2,1H3. The molecule has 2 aliphatic rings. The van der Waals surface area contributed by atoms with Gasteiger partial charge in [0.05, 0.1) is 0 Å². The van der Waals surface area contributed by atoms with Crippen molar-refractivity contribution in [1.82, 2.24) is 14.3 Å². The number of hydrogen-bond donors (Lipinski definition) is 0. The molecule has 0 radical (unpaired) electrons. The van der Waals surface area contributed by atoms with E-state index in [-0.39, 0.29) is 29.8 Å². The van der Waals surface area contributed by atoms with Crippen LogP contribution in [0.3, 0.4) is 0 Å². The van der Waals surface area contributed by atoms with E-state index in [2.05, 4.69) is 9.36 Å². The first-order valence-electron chi connectivity index (χ1n) is 11.0. The molecule has 2 atom stereocenters. The summed E-state index contributed by atoms with van der Waals surface area (Å²) in [5.41, 5.74) is 1.80. The van der Waals surface area contributed by atoms with E-state index < -0.39 is 11.6 Å². The number of fused-ring (bicyclic) bond motifs is 2. The quantitative estimate of drug-likeness (QED) is 0.355. The third-order valence-electron chi connectivity index (χ3n) is 6.25. The molecule has 34 heavy (non-hydrogen) atoms. The van der Waals surface area contributed by atoms with Crippen LogP contribution in [0.4, 0.5) is 8.78 Å². The summed E-state index contributed by atoms with van der Waals surface area (Å²) in [4.78, 5) is 19.7. The third-order valence-corrected chi connectivity index (χ3v) is 8.81. The molecule has 0 spiro atoms. The SMILES string of the molecule is CSc1nsc(SCc2ccc(C(=O)N3C4CCC3CC(Oc3ccc(F)cc3F)C4)cc2)n1. The number of halogens is 2. The second kappa shape index (κ2) is 10.2. The minimum absolute atomic E-state index is 0.0341. The molecular formula is C24H23F2N3O2S3. The zero-order valence-electron chi connectivity index (χ0n) is 18.4. The minimum atomic E-state index is -0.695. The van der Waals surface area contributed by atoms with E-state index in [0.717, 1.165) is 39.7 Å². The van der Waals surface area contributed by atoms with Gasteiger partial charge in [-0.25, -0.2) is 13.8 Å². The van der Waals surface area contributed by atoms with E-state index in [4.69, 9.17) is 4.74 Å². The highest BCUT2D eigenvalue weighted by atomic mass is 32.2. The van der Waals surface area contributed by atoms with Gasteiger partial charge in [0.25, 0.3) is 5.91 Å². The molecule has 5 rings (SSSR count). The van der Waals surface area contributed by atoms with Crippen LogP contribution in [0.25, 0.3) is 0 Å². The Morgan fingerprint density at radius 3 is 2.53 bits per heavy atom. The van der Waals surface area contributed by atoms with Gasteiger partial charge in [-0.2, -0.15) is 4.37 Å². The monoisotopic (exact) mass is 519 g/mol. The maximum Gasteiger partial charge on any atom is 0.254 e. The fraction of sp³-hybridized carbons (Fsp3) is 0.375. The summed E-state index contributed by atoms with van der Waals surface area (Å²) in [6, 6.07) is 11.3. The Morgan fingerprint density at radius 2 is 1.88 bits per heavy atom. The number of rotatable bonds is 7. The molecule has 0 N–H and O–H groups in total. The Morgan fingerprint density at radius 1 is 1.15 bits per heavy atom. The normalized spacial score (nSPS) is 21.6. The Balaban J connectivity index is 1.19. The lowest BCUT2D eigenvalue weighted by molar-refractivity contribution is 0.0349. The van der Waals surface area contributed by atoms with Gasteiger partial charge in [-0.05, 0) is 60.5 Å². The van der Waals surface area contributed by atoms with Gasteiger partial charge in [0.1, 0.15) is 11.9 Å². The highest BCUT2D eigenvalue weighted by molar-refractivity contribution is 8.00. The summed E-state index contributed by atoms with van der Waals surface area (Å²) in [6.45, 7) is 0. The van der Waals surface area contributed by atoms with Gasteiger partial charge in [-0.3, -0.25) is 4.79 Å². The van der Waals surface area contributed by atoms with Crippen LogP contribution in [0.1, 0.15) is 41.6 Å². The van der Waals surface area contributed by atoms with Crippen LogP contribution in [0, 0.1) is 11.6 Å². The lowest BCUT2D eigenvalue weighted by atomic mass is 9.98. The average molecular weight is 520 g/mol. The summed E-state index contributed by atoms with van der Waals surface area (Å²) in [5, 5.41) is 0.792. The lowest BCUT2D eigenvalue weighted by Gasteiger charge is -2.39. The molecule has 3 aromatic rings. The molecule has 2 saturated heterocycles. The highest BCUT2D eigenvalue weighted by Gasteiger charge is 2.44. The molecule has 178 valence electrons. The molecule has 2 unspecified atom stereocenters. The van der Waals surface area contributed by atoms with Gasteiger partial charge in [0.15, 0.2) is 15.9 Å². The van der Waals surface area contributed by atoms with Gasteiger partial charge >= 0.3 is 0 Å². The van der Waals surface area contributed by atoms with Crippen molar-refractivity contribution < 1.29 is 18.3 Å². The number of carbonyl (C=O) groups excluding carboxylic acids is 1. The highest BCUT2D eigenvalue weighted by Crippen LogP contribution is 2.38. The third kappa shape index (κ3) is 5.08. The molecule has 10 heteroatoms. The van der Waals surface area contributed by atoms with E-state index in [1.165, 1.54) is 35.4 Å². The summed E-state index contributed by atoms with van der Waals surface area (Å²) in [7, 11) is 0. The number of benzene rings is 2. The van der Waals surface area contributed by atoms with Crippen LogP contribution >= 0.6 is 35.1 Å². The minimum Gasteiger partial charge on any atom is -0.487 e. The van der Waals surface area contributed by atoms with Crippen molar-refractivity contribution >= 4 is 41.0 Å². The predicted octanol–water partition coefficient (Wildman–Crippen LogP) is 6.05. The molecule has 0 aliphatic carbocycles.